The maximum atomic E-state index is 12.8. The Bertz CT molecular complexity index is 1270. The van der Waals surface area contributed by atoms with Gasteiger partial charge in [-0.15, -0.1) is 0 Å². The molecule has 0 fully saturated rings. The van der Waals surface area contributed by atoms with Crippen LogP contribution in [0.4, 0.5) is 5.69 Å². The zero-order chi connectivity index (χ0) is 22.9. The molecule has 0 aliphatic heterocycles. The van der Waals surface area contributed by atoms with Crippen molar-refractivity contribution >= 4 is 17.2 Å². The van der Waals surface area contributed by atoms with Crippen molar-refractivity contribution < 1.29 is 19.1 Å². The van der Waals surface area contributed by atoms with E-state index in [4.69, 9.17) is 9.15 Å². The number of imidazole rings is 1. The van der Waals surface area contributed by atoms with E-state index in [1.54, 1.807) is 38.4 Å². The number of aryl methyl sites for hydroxylation is 2. The topological polar surface area (TPSA) is 115 Å². The number of ether oxygens (including phenoxy) is 1. The molecule has 4 rings (SSSR count). The number of carbonyl (C=O) groups is 1. The Hall–Kier alpha value is -3.72. The summed E-state index contributed by atoms with van der Waals surface area (Å²) in [5.74, 6) is 0.388. The summed E-state index contributed by atoms with van der Waals surface area (Å²) in [4.78, 5) is 25.8. The van der Waals surface area contributed by atoms with Crippen LogP contribution in [0.2, 0.25) is 0 Å². The number of oxazole rings is 1. The lowest BCUT2D eigenvalue weighted by Crippen LogP contribution is -2.19. The van der Waals surface area contributed by atoms with Gasteiger partial charge < -0.3 is 24.0 Å². The Labute approximate surface area is 185 Å². The third kappa shape index (κ3) is 4.78. The largest absolute Gasteiger partial charge is 0.494 e. The van der Waals surface area contributed by atoms with Crippen molar-refractivity contribution in [2.75, 3.05) is 12.4 Å². The van der Waals surface area contributed by atoms with Crippen LogP contribution in [-0.4, -0.2) is 43.1 Å². The van der Waals surface area contributed by atoms with E-state index in [0.717, 1.165) is 17.0 Å². The van der Waals surface area contributed by atoms with Gasteiger partial charge in [-0.25, -0.2) is 9.97 Å². The van der Waals surface area contributed by atoms with Crippen LogP contribution in [0.5, 0.6) is 5.75 Å². The monoisotopic (exact) mass is 435 g/mol. The first-order chi connectivity index (χ1) is 15.2. The van der Waals surface area contributed by atoms with Crippen LogP contribution in [-0.2, 0) is 6.42 Å². The second-order valence-corrected chi connectivity index (χ2v) is 8.24. The van der Waals surface area contributed by atoms with E-state index in [2.05, 4.69) is 20.3 Å². The molecular weight excluding hydrogens is 410 g/mol. The highest BCUT2D eigenvalue weighted by molar-refractivity contribution is 6.03. The number of nitrogens with zero attached hydrogens (tertiary/aromatic N) is 4. The van der Waals surface area contributed by atoms with Gasteiger partial charge in [0.1, 0.15) is 23.3 Å². The van der Waals surface area contributed by atoms with Gasteiger partial charge in [-0.3, -0.25) is 9.78 Å². The molecule has 0 spiro atoms. The fraction of sp³-hybridized carbons (Fsp3) is 0.304. The second kappa shape index (κ2) is 8.43. The number of hydrogen-bond donors (Lipinski definition) is 2. The number of nitrogens with one attached hydrogen (secondary N) is 1. The third-order valence-corrected chi connectivity index (χ3v) is 4.95. The second-order valence-electron chi connectivity index (χ2n) is 8.24. The van der Waals surface area contributed by atoms with Crippen LogP contribution in [0.3, 0.4) is 0 Å². The van der Waals surface area contributed by atoms with E-state index in [1.807, 2.05) is 23.6 Å². The molecule has 0 saturated heterocycles. The average Bonchev–Trinajstić information content (AvgIpc) is 3.38. The molecule has 4 aromatic rings. The van der Waals surface area contributed by atoms with Gasteiger partial charge in [0.25, 0.3) is 5.91 Å². The quantitative estimate of drug-likeness (QED) is 0.455. The number of methoxy groups -OCH3 is 1. The molecule has 0 radical (unpaired) electrons. The maximum Gasteiger partial charge on any atom is 0.277 e. The molecule has 0 aromatic carbocycles. The van der Waals surface area contributed by atoms with Crippen LogP contribution in [0.25, 0.3) is 17.1 Å². The molecule has 9 nitrogen and oxygen atoms in total. The molecule has 4 heterocycles. The Kier molecular flexibility index (Phi) is 5.67. The standard InChI is InChI=1S/C23H25N5O4/c1-14-9-15(6-8-24-14)22-27-18(13-32-22)21(29)26-17-12-28-11-16(5-7-23(2,3)30)25-20(28)10-19(17)31-4/h6,8-13,30H,5,7H2,1-4H3,(H,26,29). The van der Waals surface area contributed by atoms with Gasteiger partial charge >= 0.3 is 0 Å². The van der Waals surface area contributed by atoms with Gasteiger partial charge in [0.2, 0.25) is 5.89 Å². The molecule has 2 N–H and O–H groups in total. The molecule has 1 amide bonds. The highest BCUT2D eigenvalue weighted by atomic mass is 16.5. The summed E-state index contributed by atoms with van der Waals surface area (Å²) in [6, 6.07) is 5.35. The fourth-order valence-electron chi connectivity index (χ4n) is 3.26. The van der Waals surface area contributed by atoms with Crippen molar-refractivity contribution in [3.05, 3.63) is 60.1 Å². The van der Waals surface area contributed by atoms with E-state index in [-0.39, 0.29) is 5.69 Å². The van der Waals surface area contributed by atoms with Gasteiger partial charge in [-0.05, 0) is 45.7 Å². The van der Waals surface area contributed by atoms with Crippen LogP contribution in [0.1, 0.15) is 42.1 Å². The number of pyridine rings is 2. The highest BCUT2D eigenvalue weighted by Gasteiger charge is 2.18. The summed E-state index contributed by atoms with van der Waals surface area (Å²) in [5.41, 5.74) is 2.94. The molecule has 0 unspecified atom stereocenters. The molecule has 166 valence electrons. The number of hydrogen-bond acceptors (Lipinski definition) is 7. The summed E-state index contributed by atoms with van der Waals surface area (Å²) in [6.45, 7) is 5.41. The van der Waals surface area contributed by atoms with Gasteiger partial charge in [-0.2, -0.15) is 0 Å². The van der Waals surface area contributed by atoms with E-state index < -0.39 is 11.5 Å². The van der Waals surface area contributed by atoms with Crippen LogP contribution >= 0.6 is 0 Å². The lowest BCUT2D eigenvalue weighted by molar-refractivity contribution is 0.0711. The molecule has 0 aliphatic rings. The molecule has 9 heteroatoms. The van der Waals surface area contributed by atoms with Gasteiger partial charge in [0, 0.05) is 35.9 Å². The van der Waals surface area contributed by atoms with E-state index in [1.165, 1.54) is 13.4 Å². The number of fused-ring (bicyclic) bond motifs is 1. The highest BCUT2D eigenvalue weighted by Crippen LogP contribution is 2.27. The zero-order valence-electron chi connectivity index (χ0n) is 18.4. The first-order valence-corrected chi connectivity index (χ1v) is 10.2. The SMILES string of the molecule is COc1cc2nc(CCC(C)(C)O)cn2cc1NC(=O)c1coc(-c2ccnc(C)c2)n1. The predicted octanol–water partition coefficient (Wildman–Crippen LogP) is 3.66. The first kappa shape index (κ1) is 21.5. The Morgan fingerprint density at radius 2 is 2.09 bits per heavy atom. The lowest BCUT2D eigenvalue weighted by atomic mass is 10.0. The average molecular weight is 435 g/mol. The number of amides is 1. The summed E-state index contributed by atoms with van der Waals surface area (Å²) in [6.07, 6.45) is 7.80. The molecule has 32 heavy (non-hydrogen) atoms. The molecule has 0 aliphatic carbocycles. The van der Waals surface area contributed by atoms with E-state index >= 15 is 0 Å². The summed E-state index contributed by atoms with van der Waals surface area (Å²) in [5, 5.41) is 12.8. The minimum absolute atomic E-state index is 0.146. The summed E-state index contributed by atoms with van der Waals surface area (Å²) in [7, 11) is 1.53. The van der Waals surface area contributed by atoms with Crippen molar-refractivity contribution in [1.29, 1.82) is 0 Å². The number of aromatic nitrogens is 4. The van der Waals surface area contributed by atoms with Crippen molar-refractivity contribution in [2.24, 2.45) is 0 Å². The number of carbonyl (C=O) groups excluding carboxylic acids is 1. The number of aliphatic hydroxyl groups is 1. The first-order valence-electron chi connectivity index (χ1n) is 10.2. The van der Waals surface area contributed by atoms with Crippen LogP contribution < -0.4 is 10.1 Å². The Balaban J connectivity index is 1.56. The number of anilines is 1. The van der Waals surface area contributed by atoms with Gasteiger partial charge in [0.15, 0.2) is 5.69 Å². The predicted molar refractivity (Wildman–Crippen MR) is 119 cm³/mol. The van der Waals surface area contributed by atoms with E-state index in [0.29, 0.717) is 35.8 Å². The molecule has 0 saturated carbocycles. The molecule has 0 atom stereocenters. The normalized spacial score (nSPS) is 11.7. The van der Waals surface area contributed by atoms with E-state index in [9.17, 15) is 9.90 Å². The summed E-state index contributed by atoms with van der Waals surface area (Å²) >= 11 is 0. The van der Waals surface area contributed by atoms with Crippen LogP contribution in [0.15, 0.2) is 47.5 Å². The zero-order valence-corrected chi connectivity index (χ0v) is 18.4. The molecular formula is C23H25N5O4. The molecule has 0 bridgehead atoms. The Morgan fingerprint density at radius 3 is 2.81 bits per heavy atom. The van der Waals surface area contributed by atoms with Gasteiger partial charge in [-0.1, -0.05) is 0 Å². The summed E-state index contributed by atoms with van der Waals surface area (Å²) < 4.78 is 12.7. The van der Waals surface area contributed by atoms with Crippen LogP contribution in [0, 0.1) is 6.92 Å². The fourth-order valence-corrected chi connectivity index (χ4v) is 3.26. The minimum Gasteiger partial charge on any atom is -0.494 e. The lowest BCUT2D eigenvalue weighted by Gasteiger charge is -2.15. The Morgan fingerprint density at radius 1 is 1.28 bits per heavy atom. The third-order valence-electron chi connectivity index (χ3n) is 4.95. The van der Waals surface area contributed by atoms with Gasteiger partial charge in [0.05, 0.1) is 18.4 Å². The molecule has 4 aromatic heterocycles. The smallest absolute Gasteiger partial charge is 0.277 e. The van der Waals surface area contributed by atoms with Crippen molar-refractivity contribution in [3.8, 4) is 17.2 Å². The maximum absolute atomic E-state index is 12.8. The minimum atomic E-state index is -0.766. The van der Waals surface area contributed by atoms with Crippen molar-refractivity contribution in [1.82, 2.24) is 19.4 Å². The van der Waals surface area contributed by atoms with Crippen molar-refractivity contribution in [2.45, 2.75) is 39.2 Å². The number of rotatable bonds is 7. The van der Waals surface area contributed by atoms with Crippen molar-refractivity contribution in [3.63, 3.8) is 0 Å².